The lowest BCUT2D eigenvalue weighted by molar-refractivity contribution is 0.0619. The van der Waals surface area contributed by atoms with E-state index in [0.29, 0.717) is 17.7 Å². The van der Waals surface area contributed by atoms with Gasteiger partial charge in [0.25, 0.3) is 5.91 Å². The monoisotopic (exact) mass is 506 g/mol. The van der Waals surface area contributed by atoms with Crippen LogP contribution in [0.3, 0.4) is 0 Å². The Hall–Kier alpha value is -3.32. The molecular formula is C29H34N2O4S. The first kappa shape index (κ1) is 25.8. The van der Waals surface area contributed by atoms with Crippen LogP contribution in [0.5, 0.6) is 5.75 Å². The number of nitrogens with one attached hydrogen (secondary N) is 1. The van der Waals surface area contributed by atoms with E-state index in [9.17, 15) is 13.2 Å². The Morgan fingerprint density at radius 1 is 1.00 bits per heavy atom. The van der Waals surface area contributed by atoms with Gasteiger partial charge in [0.1, 0.15) is 11.4 Å². The van der Waals surface area contributed by atoms with Crippen molar-refractivity contribution in [2.75, 3.05) is 10.6 Å². The Kier molecular flexibility index (Phi) is 6.88. The molecule has 1 aliphatic rings. The molecule has 1 amide bonds. The lowest BCUT2D eigenvalue weighted by Gasteiger charge is -2.38. The van der Waals surface area contributed by atoms with Crippen molar-refractivity contribution in [1.82, 2.24) is 5.32 Å². The largest absolute Gasteiger partial charge is 0.487 e. The highest BCUT2D eigenvalue weighted by atomic mass is 32.2. The third-order valence-electron chi connectivity index (χ3n) is 6.51. The number of amides is 1. The number of aryl methyl sites for hydroxylation is 3. The molecule has 0 radical (unpaired) electrons. The van der Waals surface area contributed by atoms with Crippen LogP contribution in [0, 0.1) is 20.8 Å². The number of hydrogen-bond acceptors (Lipinski definition) is 4. The van der Waals surface area contributed by atoms with E-state index in [1.54, 1.807) is 12.1 Å². The van der Waals surface area contributed by atoms with Gasteiger partial charge in [-0.15, -0.1) is 0 Å². The van der Waals surface area contributed by atoms with Crippen LogP contribution in [0.25, 0.3) is 0 Å². The van der Waals surface area contributed by atoms with Crippen LogP contribution >= 0.6 is 0 Å². The van der Waals surface area contributed by atoms with E-state index in [1.807, 2.05) is 83.1 Å². The normalized spacial score (nSPS) is 16.6. The zero-order valence-electron chi connectivity index (χ0n) is 21.8. The molecule has 6 nitrogen and oxygen atoms in total. The highest BCUT2D eigenvalue weighted by molar-refractivity contribution is 7.92. The van der Waals surface area contributed by atoms with Gasteiger partial charge >= 0.3 is 0 Å². The number of sulfonamides is 1. The second kappa shape index (κ2) is 9.62. The van der Waals surface area contributed by atoms with Gasteiger partial charge in [-0.2, -0.15) is 0 Å². The molecule has 0 spiro atoms. The number of fused-ring (bicyclic) bond motifs is 1. The SMILES string of the molecule is Cc1ccc2c(c1)OC(C)(C)C[C@@H]2NC(=O)c1ccc(CN(c2cc(C)ccc2C)S(C)(=O)=O)cc1. The molecule has 0 saturated heterocycles. The zero-order valence-corrected chi connectivity index (χ0v) is 22.6. The maximum absolute atomic E-state index is 13.1. The Morgan fingerprint density at radius 3 is 2.31 bits per heavy atom. The summed E-state index contributed by atoms with van der Waals surface area (Å²) in [5.41, 5.74) is 5.54. The Balaban J connectivity index is 1.53. The van der Waals surface area contributed by atoms with Crippen LogP contribution < -0.4 is 14.4 Å². The minimum atomic E-state index is -3.50. The lowest BCUT2D eigenvalue weighted by atomic mass is 9.89. The number of nitrogens with zero attached hydrogens (tertiary/aromatic N) is 1. The molecular weight excluding hydrogens is 472 g/mol. The van der Waals surface area contributed by atoms with Crippen molar-refractivity contribution < 1.29 is 17.9 Å². The third kappa shape index (κ3) is 5.73. The van der Waals surface area contributed by atoms with Gasteiger partial charge in [0.2, 0.25) is 10.0 Å². The van der Waals surface area contributed by atoms with Gasteiger partial charge in [-0.25, -0.2) is 8.42 Å². The fraction of sp³-hybridized carbons (Fsp3) is 0.345. The Morgan fingerprint density at radius 2 is 1.64 bits per heavy atom. The number of anilines is 1. The molecule has 1 aliphatic heterocycles. The third-order valence-corrected chi connectivity index (χ3v) is 7.63. The number of carbonyl (C=O) groups excluding carboxylic acids is 1. The van der Waals surface area contributed by atoms with Gasteiger partial charge in [0.05, 0.1) is 24.5 Å². The van der Waals surface area contributed by atoms with Crippen molar-refractivity contribution >= 4 is 21.6 Å². The summed E-state index contributed by atoms with van der Waals surface area (Å²) in [5, 5.41) is 3.17. The molecule has 190 valence electrons. The standard InChI is InChI=1S/C29H34N2O4S/c1-19-7-9-21(3)26(15-19)31(36(6,33)34)18-22-10-12-23(13-11-22)28(32)30-25-17-29(4,5)35-27-16-20(2)8-14-24(25)27/h7-16,25H,17-18H2,1-6H3,(H,30,32)/t25-/m0/s1. The molecule has 1 N–H and O–H groups in total. The van der Waals surface area contributed by atoms with Crippen molar-refractivity contribution in [3.8, 4) is 5.75 Å². The first-order valence-electron chi connectivity index (χ1n) is 12.1. The Labute approximate surface area is 214 Å². The van der Waals surface area contributed by atoms with E-state index in [-0.39, 0.29) is 18.5 Å². The molecule has 0 fully saturated rings. The first-order chi connectivity index (χ1) is 16.8. The first-order valence-corrected chi connectivity index (χ1v) is 13.9. The minimum absolute atomic E-state index is 0.165. The quantitative estimate of drug-likeness (QED) is 0.472. The molecule has 1 atom stereocenters. The second-order valence-corrected chi connectivity index (χ2v) is 12.3. The van der Waals surface area contributed by atoms with E-state index in [4.69, 9.17) is 4.74 Å². The molecule has 3 aromatic rings. The average Bonchev–Trinajstić information content (AvgIpc) is 2.77. The lowest BCUT2D eigenvalue weighted by Crippen LogP contribution is -2.41. The highest BCUT2D eigenvalue weighted by Gasteiger charge is 2.34. The summed E-state index contributed by atoms with van der Waals surface area (Å²) in [7, 11) is -3.50. The summed E-state index contributed by atoms with van der Waals surface area (Å²) >= 11 is 0. The summed E-state index contributed by atoms with van der Waals surface area (Å²) in [5.74, 6) is 0.629. The van der Waals surface area contributed by atoms with Gasteiger partial charge in [-0.05, 0) is 81.1 Å². The fourth-order valence-electron chi connectivity index (χ4n) is 4.63. The summed E-state index contributed by atoms with van der Waals surface area (Å²) in [6, 6.07) is 18.8. The second-order valence-electron chi connectivity index (χ2n) is 10.4. The van der Waals surface area contributed by atoms with Crippen molar-refractivity contribution in [2.45, 2.75) is 59.2 Å². The predicted octanol–water partition coefficient (Wildman–Crippen LogP) is 5.61. The molecule has 0 unspecified atom stereocenters. The fourth-order valence-corrected chi connectivity index (χ4v) is 5.56. The molecule has 7 heteroatoms. The van der Waals surface area contributed by atoms with Crippen LogP contribution in [0.2, 0.25) is 0 Å². The maximum Gasteiger partial charge on any atom is 0.251 e. The number of rotatable bonds is 6. The predicted molar refractivity (Wildman–Crippen MR) is 144 cm³/mol. The molecule has 4 rings (SSSR count). The summed E-state index contributed by atoms with van der Waals surface area (Å²) in [4.78, 5) is 13.1. The number of ether oxygens (including phenoxy) is 1. The molecule has 0 aromatic heterocycles. The molecule has 36 heavy (non-hydrogen) atoms. The van der Waals surface area contributed by atoms with Crippen LogP contribution in [-0.2, 0) is 16.6 Å². The summed E-state index contributed by atoms with van der Waals surface area (Å²) in [6.07, 6.45) is 1.87. The van der Waals surface area contributed by atoms with Gasteiger partial charge in [-0.1, -0.05) is 36.4 Å². The van der Waals surface area contributed by atoms with Crippen LogP contribution in [-0.4, -0.2) is 26.2 Å². The smallest absolute Gasteiger partial charge is 0.251 e. The van der Waals surface area contributed by atoms with Gasteiger partial charge in [0, 0.05) is 17.5 Å². The molecule has 0 aliphatic carbocycles. The van der Waals surface area contributed by atoms with Crippen LogP contribution in [0.1, 0.15) is 64.5 Å². The maximum atomic E-state index is 13.1. The topological polar surface area (TPSA) is 75.7 Å². The molecule has 1 heterocycles. The van der Waals surface area contributed by atoms with E-state index in [1.165, 1.54) is 10.6 Å². The van der Waals surface area contributed by atoms with Crippen molar-refractivity contribution in [3.63, 3.8) is 0 Å². The average molecular weight is 507 g/mol. The van der Waals surface area contributed by atoms with Crippen LogP contribution in [0.4, 0.5) is 5.69 Å². The van der Waals surface area contributed by atoms with Gasteiger partial charge < -0.3 is 10.1 Å². The van der Waals surface area contributed by atoms with E-state index < -0.39 is 15.6 Å². The van der Waals surface area contributed by atoms with Gasteiger partial charge in [-0.3, -0.25) is 9.10 Å². The van der Waals surface area contributed by atoms with E-state index in [0.717, 1.165) is 33.6 Å². The summed E-state index contributed by atoms with van der Waals surface area (Å²) < 4.78 is 32.8. The number of carbonyl (C=O) groups is 1. The number of benzene rings is 3. The van der Waals surface area contributed by atoms with Crippen molar-refractivity contribution in [3.05, 3.63) is 94.0 Å². The Bertz CT molecular complexity index is 1400. The minimum Gasteiger partial charge on any atom is -0.487 e. The number of hydrogen-bond donors (Lipinski definition) is 1. The zero-order chi connectivity index (χ0) is 26.3. The molecule has 0 bridgehead atoms. The van der Waals surface area contributed by atoms with Gasteiger partial charge in [0.15, 0.2) is 0 Å². The van der Waals surface area contributed by atoms with Crippen LogP contribution in [0.15, 0.2) is 60.7 Å². The summed E-state index contributed by atoms with van der Waals surface area (Å²) in [6.45, 7) is 10.1. The van der Waals surface area contributed by atoms with E-state index in [2.05, 4.69) is 5.32 Å². The highest BCUT2D eigenvalue weighted by Crippen LogP contribution is 2.40. The molecule has 3 aromatic carbocycles. The van der Waals surface area contributed by atoms with Crippen molar-refractivity contribution in [2.24, 2.45) is 0 Å². The molecule has 0 saturated carbocycles. The van der Waals surface area contributed by atoms with E-state index >= 15 is 0 Å². The van der Waals surface area contributed by atoms with Crippen molar-refractivity contribution in [1.29, 1.82) is 0 Å².